The molecule has 140 valence electrons. The molecule has 0 saturated heterocycles. The summed E-state index contributed by atoms with van der Waals surface area (Å²) in [6, 6.07) is 9.23. The van der Waals surface area contributed by atoms with Crippen LogP contribution < -0.4 is 0 Å². The van der Waals surface area contributed by atoms with E-state index in [1.54, 1.807) is 18.2 Å². The predicted octanol–water partition coefficient (Wildman–Crippen LogP) is 5.68. The highest BCUT2D eigenvalue weighted by molar-refractivity contribution is 5.97. The largest absolute Gasteiger partial charge is 0.416 e. The van der Waals surface area contributed by atoms with Crippen molar-refractivity contribution in [2.24, 2.45) is 0 Å². The van der Waals surface area contributed by atoms with Crippen LogP contribution in [0.15, 0.2) is 48.5 Å². The zero-order valence-corrected chi connectivity index (χ0v) is 13.5. The highest BCUT2D eigenvalue weighted by Gasteiger charge is 2.37. The zero-order valence-electron chi connectivity index (χ0n) is 13.5. The van der Waals surface area contributed by atoms with Crippen molar-refractivity contribution >= 4 is 5.78 Å². The van der Waals surface area contributed by atoms with Gasteiger partial charge in [0, 0.05) is 5.56 Å². The van der Waals surface area contributed by atoms with Crippen molar-refractivity contribution in [2.75, 3.05) is 6.61 Å². The fraction of sp³-hybridized carbons (Fsp3) is 0.278. The molecule has 0 saturated carbocycles. The minimum atomic E-state index is -4.93. The average molecular weight is 376 g/mol. The summed E-state index contributed by atoms with van der Waals surface area (Å²) in [4.78, 5) is 11.9. The van der Waals surface area contributed by atoms with Crippen LogP contribution in [0.3, 0.4) is 0 Å². The molecule has 2 nitrogen and oxygen atoms in total. The summed E-state index contributed by atoms with van der Waals surface area (Å²) in [5.41, 5.74) is -2.83. The first-order chi connectivity index (χ1) is 12.0. The molecule has 2 aromatic rings. The van der Waals surface area contributed by atoms with E-state index in [1.807, 2.05) is 0 Å². The van der Waals surface area contributed by atoms with Crippen LogP contribution in [0, 0.1) is 0 Å². The molecule has 0 fully saturated rings. The molecule has 0 aliphatic rings. The van der Waals surface area contributed by atoms with Crippen LogP contribution >= 0.6 is 0 Å². The van der Waals surface area contributed by atoms with Crippen LogP contribution in [0.1, 0.15) is 40.1 Å². The lowest BCUT2D eigenvalue weighted by molar-refractivity contribution is -0.143. The number of benzene rings is 2. The molecule has 0 spiro atoms. The first-order valence-electron chi connectivity index (χ1n) is 7.47. The number of halogens is 6. The van der Waals surface area contributed by atoms with Crippen LogP contribution in [0.2, 0.25) is 0 Å². The van der Waals surface area contributed by atoms with Crippen LogP contribution in [0.4, 0.5) is 26.3 Å². The first-order valence-corrected chi connectivity index (χ1v) is 7.47. The van der Waals surface area contributed by atoms with Gasteiger partial charge in [0.2, 0.25) is 0 Å². The Morgan fingerprint density at radius 2 is 1.42 bits per heavy atom. The molecule has 26 heavy (non-hydrogen) atoms. The maximum atomic E-state index is 12.9. The molecule has 0 heterocycles. The maximum absolute atomic E-state index is 12.9. The van der Waals surface area contributed by atoms with E-state index in [9.17, 15) is 31.1 Å². The lowest BCUT2D eigenvalue weighted by Gasteiger charge is -2.18. The van der Waals surface area contributed by atoms with Gasteiger partial charge in [-0.3, -0.25) is 4.79 Å². The van der Waals surface area contributed by atoms with Gasteiger partial charge < -0.3 is 4.74 Å². The summed E-state index contributed by atoms with van der Waals surface area (Å²) in [7, 11) is 0. The van der Waals surface area contributed by atoms with Gasteiger partial charge in [0.25, 0.3) is 0 Å². The molecular weight excluding hydrogens is 362 g/mol. The molecule has 0 radical (unpaired) electrons. The third-order valence-corrected chi connectivity index (χ3v) is 3.64. The molecule has 0 bridgehead atoms. The number of alkyl halides is 6. The van der Waals surface area contributed by atoms with E-state index in [1.165, 1.54) is 19.1 Å². The van der Waals surface area contributed by atoms with Gasteiger partial charge in [-0.05, 0) is 30.7 Å². The number of ether oxygens (including phenoxy) is 1. The number of carbonyl (C=O) groups excluding carboxylic acids is 1. The lowest BCUT2D eigenvalue weighted by Crippen LogP contribution is -2.15. The first kappa shape index (κ1) is 20.0. The predicted molar refractivity (Wildman–Crippen MR) is 81.6 cm³/mol. The second kappa shape index (κ2) is 7.49. The number of carbonyl (C=O) groups is 1. The van der Waals surface area contributed by atoms with Crippen LogP contribution in [-0.4, -0.2) is 12.4 Å². The van der Waals surface area contributed by atoms with Gasteiger partial charge in [0.15, 0.2) is 5.78 Å². The van der Waals surface area contributed by atoms with Crippen molar-refractivity contribution in [3.05, 3.63) is 70.8 Å². The summed E-state index contributed by atoms with van der Waals surface area (Å²) >= 11 is 0. The topological polar surface area (TPSA) is 26.3 Å². The Morgan fingerprint density at radius 3 is 1.88 bits per heavy atom. The molecule has 0 amide bonds. The molecule has 8 heteroatoms. The number of rotatable bonds is 5. The van der Waals surface area contributed by atoms with Crippen molar-refractivity contribution in [1.82, 2.24) is 0 Å². The molecule has 0 unspecified atom stereocenters. The van der Waals surface area contributed by atoms with Gasteiger partial charge >= 0.3 is 12.4 Å². The van der Waals surface area contributed by atoms with E-state index in [2.05, 4.69) is 0 Å². The van der Waals surface area contributed by atoms with Gasteiger partial charge in [-0.2, -0.15) is 26.3 Å². The maximum Gasteiger partial charge on any atom is 0.416 e. The van der Waals surface area contributed by atoms with Crippen molar-refractivity contribution in [1.29, 1.82) is 0 Å². The summed E-state index contributed by atoms with van der Waals surface area (Å²) in [6.07, 6.45) is -11.0. The third-order valence-electron chi connectivity index (χ3n) is 3.64. The van der Waals surface area contributed by atoms with Crippen LogP contribution in [-0.2, 0) is 17.1 Å². The molecule has 0 N–H and O–H groups in total. The minimum absolute atomic E-state index is 0.0470. The summed E-state index contributed by atoms with van der Waals surface area (Å²) in [5, 5.41) is 0. The highest BCUT2D eigenvalue weighted by Crippen LogP contribution is 2.37. The zero-order chi connectivity index (χ0) is 19.5. The molecule has 2 rings (SSSR count). The number of hydrogen-bond acceptors (Lipinski definition) is 2. The van der Waals surface area contributed by atoms with E-state index in [-0.39, 0.29) is 11.6 Å². The van der Waals surface area contributed by atoms with Crippen molar-refractivity contribution < 1.29 is 35.9 Å². The van der Waals surface area contributed by atoms with Crippen molar-refractivity contribution in [3.8, 4) is 0 Å². The van der Waals surface area contributed by atoms with E-state index < -0.39 is 42.0 Å². The smallest absolute Gasteiger partial charge is 0.366 e. The van der Waals surface area contributed by atoms with Gasteiger partial charge in [0.1, 0.15) is 6.61 Å². The Hall–Kier alpha value is -2.35. The van der Waals surface area contributed by atoms with Gasteiger partial charge in [-0.25, -0.2) is 0 Å². The van der Waals surface area contributed by atoms with Crippen LogP contribution in [0.25, 0.3) is 0 Å². The lowest BCUT2D eigenvalue weighted by atomic mass is 10.0. The van der Waals surface area contributed by atoms with E-state index in [0.29, 0.717) is 17.7 Å². The summed E-state index contributed by atoms with van der Waals surface area (Å²) in [5.74, 6) is -0.430. The summed E-state index contributed by atoms with van der Waals surface area (Å²) < 4.78 is 82.4. The van der Waals surface area contributed by atoms with E-state index >= 15 is 0 Å². The molecule has 2 aromatic carbocycles. The molecule has 0 aliphatic heterocycles. The normalized spacial score (nSPS) is 13.5. The SMILES string of the molecule is C[C@@H](OCC(=O)c1ccccc1)c1cc(C(F)(F)F)cc(C(F)(F)F)c1. The van der Waals surface area contributed by atoms with Gasteiger partial charge in [0.05, 0.1) is 17.2 Å². The molecule has 1 atom stereocenters. The molecule has 0 aliphatic carbocycles. The Labute approximate surface area is 145 Å². The van der Waals surface area contributed by atoms with Crippen molar-refractivity contribution in [2.45, 2.75) is 25.4 Å². The second-order valence-corrected chi connectivity index (χ2v) is 5.58. The van der Waals surface area contributed by atoms with Crippen molar-refractivity contribution in [3.63, 3.8) is 0 Å². The number of hydrogen-bond donors (Lipinski definition) is 0. The molecular formula is C18H14F6O2. The minimum Gasteiger partial charge on any atom is -0.366 e. The Morgan fingerprint density at radius 1 is 0.923 bits per heavy atom. The van der Waals surface area contributed by atoms with Gasteiger partial charge in [-0.1, -0.05) is 30.3 Å². The summed E-state index contributed by atoms with van der Waals surface area (Å²) in [6.45, 7) is 0.816. The average Bonchev–Trinajstić information content (AvgIpc) is 2.58. The number of ketones is 1. The monoisotopic (exact) mass is 376 g/mol. The van der Waals surface area contributed by atoms with Gasteiger partial charge in [-0.15, -0.1) is 0 Å². The Bertz CT molecular complexity index is 733. The Kier molecular flexibility index (Phi) is 5.75. The van der Waals surface area contributed by atoms with E-state index in [4.69, 9.17) is 4.74 Å². The third kappa shape index (κ3) is 5.08. The van der Waals surface area contributed by atoms with Crippen LogP contribution in [0.5, 0.6) is 0 Å². The molecule has 0 aromatic heterocycles. The van der Waals surface area contributed by atoms with E-state index in [0.717, 1.165) is 0 Å². The fourth-order valence-electron chi connectivity index (χ4n) is 2.22. The number of Topliss-reactive ketones (excluding diaryl/α,β-unsaturated/α-hetero) is 1. The highest BCUT2D eigenvalue weighted by atomic mass is 19.4. The quantitative estimate of drug-likeness (QED) is 0.495. The second-order valence-electron chi connectivity index (χ2n) is 5.58. The Balaban J connectivity index is 2.22. The standard InChI is InChI=1S/C18H14F6O2/c1-11(26-10-16(25)12-5-3-2-4-6-12)13-7-14(17(19,20)21)9-15(8-13)18(22,23)24/h2-9,11H,10H2,1H3/t11-/m1/s1. The fourth-order valence-corrected chi connectivity index (χ4v) is 2.22.